The minimum atomic E-state index is 0.230. The minimum Gasteiger partial charge on any atom is -0.493 e. The van der Waals surface area contributed by atoms with Gasteiger partial charge in [0.05, 0.1) is 6.61 Å². The molecule has 1 aromatic carbocycles. The van der Waals surface area contributed by atoms with Crippen LogP contribution in [0.2, 0.25) is 5.02 Å². The van der Waals surface area contributed by atoms with Crippen molar-refractivity contribution in [2.24, 2.45) is 0 Å². The van der Waals surface area contributed by atoms with E-state index in [4.69, 9.17) is 16.3 Å². The van der Waals surface area contributed by atoms with Crippen LogP contribution in [-0.4, -0.2) is 12.1 Å². The first kappa shape index (κ1) is 14.7. The molecule has 106 valence electrons. The van der Waals surface area contributed by atoms with E-state index in [-0.39, 0.29) is 5.54 Å². The fourth-order valence-electron chi connectivity index (χ4n) is 2.89. The molecule has 0 unspecified atom stereocenters. The lowest BCUT2D eigenvalue weighted by atomic mass is 9.89. The van der Waals surface area contributed by atoms with Gasteiger partial charge in [0.25, 0.3) is 0 Å². The topological polar surface area (TPSA) is 21.3 Å². The van der Waals surface area contributed by atoms with Crippen LogP contribution in [0.3, 0.4) is 0 Å². The average Bonchev–Trinajstić information content (AvgIpc) is 2.88. The van der Waals surface area contributed by atoms with Gasteiger partial charge in [0.15, 0.2) is 0 Å². The fraction of sp³-hybridized carbons (Fsp3) is 0.625. The molecule has 0 saturated carbocycles. The van der Waals surface area contributed by atoms with Gasteiger partial charge in [-0.3, -0.25) is 0 Å². The van der Waals surface area contributed by atoms with Crippen LogP contribution in [0, 0.1) is 0 Å². The van der Waals surface area contributed by atoms with Crippen LogP contribution in [0.25, 0.3) is 0 Å². The maximum Gasteiger partial charge on any atom is 0.127 e. The molecule has 0 atom stereocenters. The van der Waals surface area contributed by atoms with Gasteiger partial charge in [-0.05, 0) is 37.0 Å². The summed E-state index contributed by atoms with van der Waals surface area (Å²) in [5.74, 6) is 1.05. The average molecular weight is 282 g/mol. The van der Waals surface area contributed by atoms with Gasteiger partial charge in [0.1, 0.15) is 5.75 Å². The van der Waals surface area contributed by atoms with E-state index in [1.807, 2.05) is 12.1 Å². The predicted octanol–water partition coefficient (Wildman–Crippen LogP) is 4.33. The lowest BCUT2D eigenvalue weighted by Gasteiger charge is -2.32. The largest absolute Gasteiger partial charge is 0.493 e. The van der Waals surface area contributed by atoms with E-state index in [9.17, 15) is 0 Å². The van der Waals surface area contributed by atoms with Gasteiger partial charge >= 0.3 is 0 Å². The molecule has 0 radical (unpaired) electrons. The van der Waals surface area contributed by atoms with Crippen molar-refractivity contribution in [1.82, 2.24) is 5.32 Å². The number of hydrogen-bond acceptors (Lipinski definition) is 2. The van der Waals surface area contributed by atoms with Crippen LogP contribution in [-0.2, 0) is 13.0 Å². The van der Waals surface area contributed by atoms with Gasteiger partial charge in [-0.15, -0.1) is 0 Å². The Balaban J connectivity index is 2.16. The van der Waals surface area contributed by atoms with Crippen LogP contribution >= 0.6 is 11.6 Å². The summed E-state index contributed by atoms with van der Waals surface area (Å²) >= 11 is 6.20. The fourth-order valence-corrected chi connectivity index (χ4v) is 3.15. The second-order valence-electron chi connectivity index (χ2n) is 5.35. The van der Waals surface area contributed by atoms with Crippen LogP contribution in [0.5, 0.6) is 5.75 Å². The van der Waals surface area contributed by atoms with Crippen LogP contribution in [0.4, 0.5) is 0 Å². The molecule has 1 aliphatic heterocycles. The number of benzene rings is 1. The van der Waals surface area contributed by atoms with Gasteiger partial charge in [0.2, 0.25) is 0 Å². The Morgan fingerprint density at radius 1 is 1.21 bits per heavy atom. The second-order valence-corrected chi connectivity index (χ2v) is 5.78. The Morgan fingerprint density at radius 2 is 1.89 bits per heavy atom. The van der Waals surface area contributed by atoms with Crippen LogP contribution in [0.15, 0.2) is 12.1 Å². The monoisotopic (exact) mass is 281 g/mol. The van der Waals surface area contributed by atoms with E-state index in [1.54, 1.807) is 0 Å². The van der Waals surface area contributed by atoms with Gasteiger partial charge in [-0.2, -0.15) is 0 Å². The SMILES string of the molecule is CCC(CC)(CC)NCc1cc(Cl)cc2c1OCC2. The summed E-state index contributed by atoms with van der Waals surface area (Å²) in [7, 11) is 0. The molecule has 0 aliphatic carbocycles. The summed E-state index contributed by atoms with van der Waals surface area (Å²) in [5, 5.41) is 4.53. The lowest BCUT2D eigenvalue weighted by molar-refractivity contribution is 0.284. The van der Waals surface area contributed by atoms with E-state index >= 15 is 0 Å². The maximum atomic E-state index is 6.20. The number of rotatable bonds is 6. The smallest absolute Gasteiger partial charge is 0.127 e. The van der Waals surface area contributed by atoms with E-state index in [1.165, 1.54) is 11.1 Å². The van der Waals surface area contributed by atoms with Crippen LogP contribution < -0.4 is 10.1 Å². The number of ether oxygens (including phenoxy) is 1. The summed E-state index contributed by atoms with van der Waals surface area (Å²) in [5.41, 5.74) is 2.67. The molecule has 2 nitrogen and oxygen atoms in total. The number of fused-ring (bicyclic) bond motifs is 1. The standard InChI is InChI=1S/C16H24ClNO/c1-4-16(5-2,6-3)18-11-13-10-14(17)9-12-7-8-19-15(12)13/h9-10,18H,4-8,11H2,1-3H3. The molecule has 3 heteroatoms. The molecule has 0 fully saturated rings. The van der Waals surface area contributed by atoms with Gasteiger partial charge in [0, 0.05) is 29.1 Å². The zero-order valence-corrected chi connectivity index (χ0v) is 12.9. The van der Waals surface area contributed by atoms with E-state index in [2.05, 4.69) is 26.1 Å². The quantitative estimate of drug-likeness (QED) is 0.838. The summed E-state index contributed by atoms with van der Waals surface area (Å²) in [4.78, 5) is 0. The zero-order valence-electron chi connectivity index (χ0n) is 12.2. The number of nitrogens with one attached hydrogen (secondary N) is 1. The molecule has 0 bridgehead atoms. The predicted molar refractivity (Wildman–Crippen MR) is 81.1 cm³/mol. The minimum absolute atomic E-state index is 0.230. The highest BCUT2D eigenvalue weighted by atomic mass is 35.5. The molecule has 2 rings (SSSR count). The van der Waals surface area contributed by atoms with E-state index < -0.39 is 0 Å². The molecule has 0 amide bonds. The van der Waals surface area contributed by atoms with Crippen molar-refractivity contribution in [1.29, 1.82) is 0 Å². The first-order valence-electron chi connectivity index (χ1n) is 7.33. The Morgan fingerprint density at radius 3 is 2.53 bits per heavy atom. The molecule has 0 saturated heterocycles. The molecular weight excluding hydrogens is 258 g/mol. The van der Waals surface area contributed by atoms with Crippen molar-refractivity contribution >= 4 is 11.6 Å². The highest BCUT2D eigenvalue weighted by Crippen LogP contribution is 2.33. The molecule has 0 spiro atoms. The zero-order chi connectivity index (χ0) is 13.9. The van der Waals surface area contributed by atoms with Crippen LogP contribution in [0.1, 0.15) is 51.2 Å². The van der Waals surface area contributed by atoms with Crippen molar-refractivity contribution in [3.8, 4) is 5.75 Å². The Kier molecular flexibility index (Phi) is 4.75. The Bertz CT molecular complexity index is 432. The van der Waals surface area contributed by atoms with Gasteiger partial charge < -0.3 is 10.1 Å². The third-order valence-corrected chi connectivity index (χ3v) is 4.73. The molecule has 1 heterocycles. The summed E-state index contributed by atoms with van der Waals surface area (Å²) in [6.07, 6.45) is 4.40. The van der Waals surface area contributed by atoms with Crippen molar-refractivity contribution in [2.45, 2.75) is 58.5 Å². The van der Waals surface area contributed by atoms with Crippen molar-refractivity contribution in [2.75, 3.05) is 6.61 Å². The van der Waals surface area contributed by atoms with E-state index in [0.29, 0.717) is 0 Å². The Labute approximate surface area is 121 Å². The third-order valence-electron chi connectivity index (χ3n) is 4.51. The normalized spacial score (nSPS) is 14.3. The first-order chi connectivity index (χ1) is 9.14. The van der Waals surface area contributed by atoms with Crippen molar-refractivity contribution in [3.05, 3.63) is 28.3 Å². The molecule has 1 aliphatic rings. The Hall–Kier alpha value is -0.730. The molecule has 19 heavy (non-hydrogen) atoms. The highest BCUT2D eigenvalue weighted by molar-refractivity contribution is 6.30. The van der Waals surface area contributed by atoms with Crippen molar-refractivity contribution < 1.29 is 4.74 Å². The van der Waals surface area contributed by atoms with E-state index in [0.717, 1.165) is 49.6 Å². The van der Waals surface area contributed by atoms with Gasteiger partial charge in [-0.1, -0.05) is 32.4 Å². The first-order valence-corrected chi connectivity index (χ1v) is 7.71. The third kappa shape index (κ3) is 3.06. The molecule has 1 aromatic rings. The summed E-state index contributed by atoms with van der Waals surface area (Å²) in [6.45, 7) is 8.36. The lowest BCUT2D eigenvalue weighted by Crippen LogP contribution is -2.43. The summed E-state index contributed by atoms with van der Waals surface area (Å²) in [6, 6.07) is 4.06. The second kappa shape index (κ2) is 6.15. The van der Waals surface area contributed by atoms with Gasteiger partial charge in [-0.25, -0.2) is 0 Å². The number of hydrogen-bond donors (Lipinski definition) is 1. The van der Waals surface area contributed by atoms with Crippen molar-refractivity contribution in [3.63, 3.8) is 0 Å². The highest BCUT2D eigenvalue weighted by Gasteiger charge is 2.24. The maximum absolute atomic E-state index is 6.20. The number of halogens is 1. The molecular formula is C16H24ClNO. The molecule has 0 aromatic heterocycles. The molecule has 1 N–H and O–H groups in total. The summed E-state index contributed by atoms with van der Waals surface area (Å²) < 4.78 is 5.75.